The van der Waals surface area contributed by atoms with E-state index in [-0.39, 0.29) is 13.2 Å². The summed E-state index contributed by atoms with van der Waals surface area (Å²) in [5.74, 6) is -0.610. The number of rotatable bonds is 8. The second-order valence-corrected chi connectivity index (χ2v) is 6.27. The van der Waals surface area contributed by atoms with Gasteiger partial charge >= 0.3 is 5.97 Å². The molecule has 7 heteroatoms. The zero-order valence-electron chi connectivity index (χ0n) is 14.2. The highest BCUT2D eigenvalue weighted by atomic mass is 35.5. The Labute approximate surface area is 162 Å². The Hall–Kier alpha value is -2.24. The van der Waals surface area contributed by atoms with E-state index in [2.05, 4.69) is 5.32 Å². The van der Waals surface area contributed by atoms with Crippen LogP contribution in [0.4, 0.5) is 0 Å². The first kappa shape index (κ1) is 20.1. The third kappa shape index (κ3) is 6.24. The molecule has 0 saturated heterocycles. The lowest BCUT2D eigenvalue weighted by molar-refractivity contribution is -0.147. The van der Waals surface area contributed by atoms with E-state index >= 15 is 0 Å². The lowest BCUT2D eigenvalue weighted by Crippen LogP contribution is -2.45. The lowest BCUT2D eigenvalue weighted by Gasteiger charge is -2.18. The molecule has 0 heterocycles. The van der Waals surface area contributed by atoms with Gasteiger partial charge in [0.1, 0.15) is 11.8 Å². The fraction of sp³-hybridized carbons (Fsp3) is 0.263. The quantitative estimate of drug-likeness (QED) is 0.692. The lowest BCUT2D eigenvalue weighted by atomic mass is 10.1. The second kappa shape index (κ2) is 10.0. The van der Waals surface area contributed by atoms with Crippen molar-refractivity contribution in [2.24, 2.45) is 0 Å². The van der Waals surface area contributed by atoms with E-state index in [1.54, 1.807) is 19.1 Å². The Morgan fingerprint density at radius 1 is 1.12 bits per heavy atom. The number of benzene rings is 2. The molecule has 1 atom stereocenters. The molecule has 0 saturated carbocycles. The summed E-state index contributed by atoms with van der Waals surface area (Å²) in [5.41, 5.74) is 0.910. The van der Waals surface area contributed by atoms with Crippen LogP contribution in [0, 0.1) is 0 Å². The summed E-state index contributed by atoms with van der Waals surface area (Å²) in [6.07, 6.45) is 0.327. The molecule has 2 aromatic carbocycles. The van der Waals surface area contributed by atoms with Crippen molar-refractivity contribution in [2.75, 3.05) is 13.2 Å². The molecule has 0 aliphatic carbocycles. The summed E-state index contributed by atoms with van der Waals surface area (Å²) in [6, 6.07) is 13.3. The van der Waals surface area contributed by atoms with E-state index in [0.717, 1.165) is 5.56 Å². The fourth-order valence-corrected chi connectivity index (χ4v) is 2.72. The summed E-state index contributed by atoms with van der Waals surface area (Å²) in [6.45, 7) is 1.66. The first-order valence-corrected chi connectivity index (χ1v) is 8.83. The first-order valence-electron chi connectivity index (χ1n) is 8.07. The normalized spacial score (nSPS) is 11.5. The Morgan fingerprint density at radius 2 is 1.85 bits per heavy atom. The maximum Gasteiger partial charge on any atom is 0.328 e. The van der Waals surface area contributed by atoms with Gasteiger partial charge in [-0.1, -0.05) is 53.5 Å². The van der Waals surface area contributed by atoms with Crippen LogP contribution in [0.15, 0.2) is 48.5 Å². The van der Waals surface area contributed by atoms with Crippen LogP contribution in [0.5, 0.6) is 5.75 Å². The summed E-state index contributed by atoms with van der Waals surface area (Å²) in [4.78, 5) is 24.3. The van der Waals surface area contributed by atoms with Crippen LogP contribution in [0.25, 0.3) is 0 Å². The predicted molar refractivity (Wildman–Crippen MR) is 101 cm³/mol. The Morgan fingerprint density at radius 3 is 2.50 bits per heavy atom. The zero-order valence-corrected chi connectivity index (χ0v) is 15.7. The van der Waals surface area contributed by atoms with Gasteiger partial charge in [-0.2, -0.15) is 0 Å². The summed E-state index contributed by atoms with van der Waals surface area (Å²) in [7, 11) is 0. The molecule has 0 aliphatic heterocycles. The van der Waals surface area contributed by atoms with Crippen molar-refractivity contribution in [3.8, 4) is 5.75 Å². The minimum Gasteiger partial charge on any atom is -0.482 e. The molecule has 0 spiro atoms. The summed E-state index contributed by atoms with van der Waals surface area (Å²) >= 11 is 11.8. The van der Waals surface area contributed by atoms with Crippen LogP contribution in [0.2, 0.25) is 10.0 Å². The third-order valence-electron chi connectivity index (χ3n) is 3.44. The minimum atomic E-state index is -0.797. The molecular formula is C19H19Cl2NO4. The topological polar surface area (TPSA) is 64.6 Å². The maximum atomic E-state index is 12.2. The smallest absolute Gasteiger partial charge is 0.328 e. The predicted octanol–water partition coefficient (Wildman–Crippen LogP) is 3.66. The average molecular weight is 396 g/mol. The molecule has 1 unspecified atom stereocenters. The van der Waals surface area contributed by atoms with E-state index in [9.17, 15) is 9.59 Å². The van der Waals surface area contributed by atoms with Crippen LogP contribution in [0.1, 0.15) is 12.5 Å². The molecular weight excluding hydrogens is 377 g/mol. The van der Waals surface area contributed by atoms with Gasteiger partial charge in [0, 0.05) is 11.4 Å². The maximum absolute atomic E-state index is 12.2. The van der Waals surface area contributed by atoms with Crippen LogP contribution >= 0.6 is 23.2 Å². The van der Waals surface area contributed by atoms with Crippen molar-refractivity contribution < 1.29 is 19.1 Å². The van der Waals surface area contributed by atoms with Crippen molar-refractivity contribution in [1.82, 2.24) is 5.32 Å². The summed E-state index contributed by atoms with van der Waals surface area (Å²) in [5, 5.41) is 3.42. The van der Waals surface area contributed by atoms with Crippen molar-refractivity contribution in [1.29, 1.82) is 0 Å². The molecule has 5 nitrogen and oxygen atoms in total. The standard InChI is InChI=1S/C19H19Cl2NO4/c1-2-25-19(24)16(10-13-6-4-3-5-7-13)22-18(23)12-26-17-9-8-14(20)11-15(17)21/h3-9,11,16H,2,10,12H2,1H3,(H,22,23). The Bertz CT molecular complexity index is 752. The number of hydrogen-bond acceptors (Lipinski definition) is 4. The molecule has 0 radical (unpaired) electrons. The molecule has 2 rings (SSSR count). The van der Waals surface area contributed by atoms with Crippen molar-refractivity contribution in [3.63, 3.8) is 0 Å². The van der Waals surface area contributed by atoms with Gasteiger partial charge in [0.25, 0.3) is 5.91 Å². The van der Waals surface area contributed by atoms with E-state index in [4.69, 9.17) is 32.7 Å². The van der Waals surface area contributed by atoms with Gasteiger partial charge in [-0.05, 0) is 30.7 Å². The summed E-state index contributed by atoms with van der Waals surface area (Å²) < 4.78 is 10.4. The van der Waals surface area contributed by atoms with Crippen LogP contribution in [-0.4, -0.2) is 31.1 Å². The third-order valence-corrected chi connectivity index (χ3v) is 3.97. The van der Waals surface area contributed by atoms with Gasteiger partial charge in [0.2, 0.25) is 0 Å². The zero-order chi connectivity index (χ0) is 18.9. The average Bonchev–Trinajstić information content (AvgIpc) is 2.61. The monoisotopic (exact) mass is 395 g/mol. The van der Waals surface area contributed by atoms with E-state index in [0.29, 0.717) is 22.2 Å². The SMILES string of the molecule is CCOC(=O)C(Cc1ccccc1)NC(=O)COc1ccc(Cl)cc1Cl. The first-order chi connectivity index (χ1) is 12.5. The largest absolute Gasteiger partial charge is 0.482 e. The molecule has 26 heavy (non-hydrogen) atoms. The molecule has 2 aromatic rings. The number of carbonyl (C=O) groups is 2. The van der Waals surface area contributed by atoms with E-state index in [1.807, 2.05) is 30.3 Å². The number of halogens is 2. The van der Waals surface area contributed by atoms with Crippen molar-refractivity contribution in [3.05, 3.63) is 64.1 Å². The Balaban J connectivity index is 1.97. The fourth-order valence-electron chi connectivity index (χ4n) is 2.26. The van der Waals surface area contributed by atoms with Gasteiger partial charge in [0.15, 0.2) is 6.61 Å². The molecule has 0 fully saturated rings. The molecule has 1 amide bonds. The minimum absolute atomic E-state index is 0.233. The second-order valence-electron chi connectivity index (χ2n) is 5.43. The van der Waals surface area contributed by atoms with Crippen LogP contribution in [-0.2, 0) is 20.7 Å². The van der Waals surface area contributed by atoms with Gasteiger partial charge in [-0.3, -0.25) is 4.79 Å². The molecule has 1 N–H and O–H groups in total. The van der Waals surface area contributed by atoms with Gasteiger partial charge in [-0.25, -0.2) is 4.79 Å². The van der Waals surface area contributed by atoms with E-state index in [1.165, 1.54) is 6.07 Å². The molecule has 0 aliphatic rings. The van der Waals surface area contributed by atoms with Gasteiger partial charge in [0.05, 0.1) is 11.6 Å². The Kier molecular flexibility index (Phi) is 7.75. The number of esters is 1. The van der Waals surface area contributed by atoms with Gasteiger partial charge in [-0.15, -0.1) is 0 Å². The number of amides is 1. The van der Waals surface area contributed by atoms with Crippen molar-refractivity contribution >= 4 is 35.1 Å². The highest BCUT2D eigenvalue weighted by molar-refractivity contribution is 6.35. The van der Waals surface area contributed by atoms with Crippen LogP contribution < -0.4 is 10.1 Å². The molecule has 0 aromatic heterocycles. The number of hydrogen-bond donors (Lipinski definition) is 1. The highest BCUT2D eigenvalue weighted by Crippen LogP contribution is 2.27. The van der Waals surface area contributed by atoms with Crippen molar-refractivity contribution in [2.45, 2.75) is 19.4 Å². The number of carbonyl (C=O) groups excluding carboxylic acids is 2. The number of nitrogens with one attached hydrogen (secondary N) is 1. The number of ether oxygens (including phenoxy) is 2. The van der Waals surface area contributed by atoms with E-state index < -0.39 is 17.9 Å². The molecule has 0 bridgehead atoms. The highest BCUT2D eigenvalue weighted by Gasteiger charge is 2.22. The van der Waals surface area contributed by atoms with Crippen LogP contribution in [0.3, 0.4) is 0 Å². The molecule has 138 valence electrons. The van der Waals surface area contributed by atoms with Gasteiger partial charge < -0.3 is 14.8 Å².